The molecule has 0 fully saturated rings. The van der Waals surface area contributed by atoms with Crippen LogP contribution in [0.25, 0.3) is 11.0 Å². The van der Waals surface area contributed by atoms with Crippen molar-refractivity contribution in [3.8, 4) is 5.75 Å². The molecule has 1 aliphatic rings. The first-order valence-electron chi connectivity index (χ1n) is 7.84. The van der Waals surface area contributed by atoms with Gasteiger partial charge < -0.3 is 9.52 Å². The van der Waals surface area contributed by atoms with Crippen LogP contribution in [-0.2, 0) is 13.0 Å². The summed E-state index contributed by atoms with van der Waals surface area (Å²) in [5.74, 6) is 0.0743. The summed E-state index contributed by atoms with van der Waals surface area (Å²) in [5.41, 5.74) is 4.08. The van der Waals surface area contributed by atoms with Crippen molar-refractivity contribution < 1.29 is 13.9 Å². The molecule has 0 aliphatic carbocycles. The van der Waals surface area contributed by atoms with Gasteiger partial charge in [0.15, 0.2) is 0 Å². The van der Waals surface area contributed by atoms with E-state index in [1.54, 1.807) is 12.1 Å². The average molecular weight is 311 g/mol. The Morgan fingerprint density at radius 3 is 2.91 bits per heavy atom. The van der Waals surface area contributed by atoms with Crippen LogP contribution in [0.2, 0.25) is 0 Å². The molecule has 1 N–H and O–H groups in total. The first kappa shape index (κ1) is 14.3. The van der Waals surface area contributed by atoms with Crippen molar-refractivity contribution in [1.29, 1.82) is 0 Å². The van der Waals surface area contributed by atoms with Gasteiger partial charge in [-0.15, -0.1) is 0 Å². The lowest BCUT2D eigenvalue weighted by atomic mass is 9.96. The van der Waals surface area contributed by atoms with Gasteiger partial charge in [-0.25, -0.2) is 4.39 Å². The summed E-state index contributed by atoms with van der Waals surface area (Å²) >= 11 is 0. The SMILES string of the molecule is CC(c1ccc(F)c2ccoc12)N1CCc2cc(O)ccc2C1. The molecule has 1 aromatic heterocycles. The smallest absolute Gasteiger partial charge is 0.141 e. The van der Waals surface area contributed by atoms with E-state index in [2.05, 4.69) is 11.8 Å². The minimum atomic E-state index is -0.246. The van der Waals surface area contributed by atoms with E-state index in [9.17, 15) is 9.50 Å². The monoisotopic (exact) mass is 311 g/mol. The molecule has 1 atom stereocenters. The lowest BCUT2D eigenvalue weighted by Crippen LogP contribution is -2.32. The zero-order valence-corrected chi connectivity index (χ0v) is 12.9. The predicted octanol–water partition coefficient (Wildman–Crippen LogP) is 4.40. The first-order valence-corrected chi connectivity index (χ1v) is 7.84. The summed E-state index contributed by atoms with van der Waals surface area (Å²) in [6.07, 6.45) is 2.44. The van der Waals surface area contributed by atoms with Crippen molar-refractivity contribution in [2.45, 2.75) is 25.9 Å². The predicted molar refractivity (Wildman–Crippen MR) is 86.8 cm³/mol. The van der Waals surface area contributed by atoms with Crippen molar-refractivity contribution in [2.24, 2.45) is 0 Å². The maximum Gasteiger partial charge on any atom is 0.141 e. The van der Waals surface area contributed by atoms with E-state index >= 15 is 0 Å². The molecule has 0 saturated carbocycles. The second-order valence-electron chi connectivity index (χ2n) is 6.15. The number of benzene rings is 2. The van der Waals surface area contributed by atoms with Gasteiger partial charge in [-0.1, -0.05) is 12.1 Å². The van der Waals surface area contributed by atoms with Gasteiger partial charge in [-0.05, 0) is 48.7 Å². The van der Waals surface area contributed by atoms with Crippen LogP contribution >= 0.6 is 0 Å². The fraction of sp³-hybridized carbons (Fsp3) is 0.263. The number of halogens is 1. The Hall–Kier alpha value is -2.33. The van der Waals surface area contributed by atoms with Crippen LogP contribution in [0, 0.1) is 5.82 Å². The lowest BCUT2D eigenvalue weighted by Gasteiger charge is -2.34. The van der Waals surface area contributed by atoms with Crippen LogP contribution in [0.5, 0.6) is 5.75 Å². The zero-order chi connectivity index (χ0) is 16.0. The average Bonchev–Trinajstić information content (AvgIpc) is 3.04. The van der Waals surface area contributed by atoms with Crippen LogP contribution in [0.1, 0.15) is 29.7 Å². The molecule has 2 heterocycles. The van der Waals surface area contributed by atoms with Crippen LogP contribution < -0.4 is 0 Å². The van der Waals surface area contributed by atoms with Crippen molar-refractivity contribution in [3.63, 3.8) is 0 Å². The van der Waals surface area contributed by atoms with Crippen molar-refractivity contribution >= 4 is 11.0 Å². The number of furan rings is 1. The Kier molecular flexibility index (Phi) is 3.34. The Balaban J connectivity index is 1.67. The maximum absolute atomic E-state index is 13.8. The Labute approximate surface area is 134 Å². The molecule has 3 aromatic rings. The molecule has 0 saturated heterocycles. The molecule has 0 radical (unpaired) electrons. The molecule has 0 amide bonds. The summed E-state index contributed by atoms with van der Waals surface area (Å²) in [5, 5.41) is 10.1. The van der Waals surface area contributed by atoms with Crippen LogP contribution in [0.4, 0.5) is 4.39 Å². The molecule has 1 unspecified atom stereocenters. The third-order valence-electron chi connectivity index (χ3n) is 4.82. The van der Waals surface area contributed by atoms with E-state index in [0.29, 0.717) is 16.7 Å². The summed E-state index contributed by atoms with van der Waals surface area (Å²) in [6.45, 7) is 3.84. The normalized spacial score (nSPS) is 16.4. The number of nitrogens with zero attached hydrogens (tertiary/aromatic N) is 1. The number of aromatic hydroxyl groups is 1. The number of hydrogen-bond acceptors (Lipinski definition) is 3. The Morgan fingerprint density at radius 2 is 2.04 bits per heavy atom. The van der Waals surface area contributed by atoms with Gasteiger partial charge in [-0.2, -0.15) is 0 Å². The largest absolute Gasteiger partial charge is 0.508 e. The number of hydrogen-bond donors (Lipinski definition) is 1. The van der Waals surface area contributed by atoms with E-state index in [-0.39, 0.29) is 11.9 Å². The van der Waals surface area contributed by atoms with E-state index < -0.39 is 0 Å². The fourth-order valence-electron chi connectivity index (χ4n) is 3.47. The number of phenolic OH excluding ortho intramolecular Hbond substituents is 1. The zero-order valence-electron chi connectivity index (χ0n) is 12.9. The van der Waals surface area contributed by atoms with E-state index in [4.69, 9.17) is 4.42 Å². The third kappa shape index (κ3) is 2.39. The van der Waals surface area contributed by atoms with Crippen molar-refractivity contribution in [1.82, 2.24) is 4.90 Å². The quantitative estimate of drug-likeness (QED) is 0.762. The maximum atomic E-state index is 13.8. The Bertz CT molecular complexity index is 871. The summed E-state index contributed by atoms with van der Waals surface area (Å²) in [4.78, 5) is 2.36. The molecule has 1 aliphatic heterocycles. The third-order valence-corrected chi connectivity index (χ3v) is 4.82. The van der Waals surface area contributed by atoms with Gasteiger partial charge in [0.1, 0.15) is 17.1 Å². The number of rotatable bonds is 2. The molecule has 23 heavy (non-hydrogen) atoms. The highest BCUT2D eigenvalue weighted by Crippen LogP contribution is 2.33. The minimum absolute atomic E-state index is 0.131. The standard InChI is InChI=1S/C19H18FNO2/c1-12(16-4-5-18(20)17-7-9-23-19(16)17)21-8-6-13-10-15(22)3-2-14(13)11-21/h2-5,7,9-10,12,22H,6,8,11H2,1H3. The Morgan fingerprint density at radius 1 is 1.17 bits per heavy atom. The molecular formula is C19H18FNO2. The van der Waals surface area contributed by atoms with Gasteiger partial charge in [0.2, 0.25) is 0 Å². The molecular weight excluding hydrogens is 293 g/mol. The molecule has 4 rings (SSSR count). The summed E-state index contributed by atoms with van der Waals surface area (Å²) in [7, 11) is 0. The molecule has 118 valence electrons. The highest BCUT2D eigenvalue weighted by atomic mass is 19.1. The minimum Gasteiger partial charge on any atom is -0.508 e. The van der Waals surface area contributed by atoms with Crippen molar-refractivity contribution in [3.05, 3.63) is 65.2 Å². The molecule has 2 aromatic carbocycles. The van der Waals surface area contributed by atoms with Crippen molar-refractivity contribution in [2.75, 3.05) is 6.54 Å². The second-order valence-corrected chi connectivity index (χ2v) is 6.15. The fourth-order valence-corrected chi connectivity index (χ4v) is 3.47. The summed E-state index contributed by atoms with van der Waals surface area (Å²) < 4.78 is 19.4. The van der Waals surface area contributed by atoms with Gasteiger partial charge in [0.05, 0.1) is 11.6 Å². The molecule has 4 heteroatoms. The highest BCUT2D eigenvalue weighted by Gasteiger charge is 2.24. The van der Waals surface area contributed by atoms with Crippen LogP contribution in [0.3, 0.4) is 0 Å². The molecule has 0 spiro atoms. The second kappa shape index (κ2) is 5.39. The van der Waals surface area contributed by atoms with Gasteiger partial charge >= 0.3 is 0 Å². The lowest BCUT2D eigenvalue weighted by molar-refractivity contribution is 0.192. The molecule has 0 bridgehead atoms. The van der Waals surface area contributed by atoms with Gasteiger partial charge in [0, 0.05) is 24.7 Å². The first-order chi connectivity index (χ1) is 11.1. The van der Waals surface area contributed by atoms with E-state index in [0.717, 1.165) is 25.1 Å². The topological polar surface area (TPSA) is 36.6 Å². The number of fused-ring (bicyclic) bond motifs is 2. The van der Waals surface area contributed by atoms with Gasteiger partial charge in [0.25, 0.3) is 0 Å². The highest BCUT2D eigenvalue weighted by molar-refractivity contribution is 5.81. The van der Waals surface area contributed by atoms with Crippen LogP contribution in [-0.4, -0.2) is 16.6 Å². The van der Waals surface area contributed by atoms with Gasteiger partial charge in [-0.3, -0.25) is 4.90 Å². The van der Waals surface area contributed by atoms with E-state index in [1.807, 2.05) is 18.2 Å². The summed E-state index contributed by atoms with van der Waals surface area (Å²) in [6, 6.07) is 10.7. The molecule has 3 nitrogen and oxygen atoms in total. The van der Waals surface area contributed by atoms with Crippen LogP contribution in [0.15, 0.2) is 47.1 Å². The number of phenols is 1. The van der Waals surface area contributed by atoms with E-state index in [1.165, 1.54) is 23.5 Å².